The van der Waals surface area contributed by atoms with Crippen molar-refractivity contribution in [2.75, 3.05) is 32.4 Å². The van der Waals surface area contributed by atoms with E-state index in [-0.39, 0.29) is 11.8 Å². The number of piperazine rings is 1. The molecule has 0 aromatic heterocycles. The summed E-state index contributed by atoms with van der Waals surface area (Å²) in [7, 11) is 0. The van der Waals surface area contributed by atoms with E-state index in [1.165, 1.54) is 0 Å². The molecule has 0 unspecified atom stereocenters. The molecule has 136 valence electrons. The first-order valence-electron chi connectivity index (χ1n) is 8.81. The Morgan fingerprint density at radius 2 is 1.46 bits per heavy atom. The maximum atomic E-state index is 12.8. The quantitative estimate of drug-likeness (QED) is 0.830. The molecule has 0 spiro atoms. The van der Waals surface area contributed by atoms with Crippen molar-refractivity contribution in [2.24, 2.45) is 0 Å². The number of thioether (sulfide) groups is 1. The highest BCUT2D eigenvalue weighted by atomic mass is 32.2. The third-order valence-corrected chi connectivity index (χ3v) is 5.26. The largest absolute Gasteiger partial charge is 0.335 e. The molecule has 0 radical (unpaired) electrons. The van der Waals surface area contributed by atoms with Crippen molar-refractivity contribution in [3.8, 4) is 0 Å². The van der Waals surface area contributed by atoms with Gasteiger partial charge in [-0.15, -0.1) is 0 Å². The second-order valence-corrected chi connectivity index (χ2v) is 7.45. The van der Waals surface area contributed by atoms with Crippen LogP contribution < -0.4 is 0 Å². The number of amides is 2. The zero-order chi connectivity index (χ0) is 18.5. The Morgan fingerprint density at radius 1 is 0.885 bits per heavy atom. The minimum absolute atomic E-state index is 0.0408. The van der Waals surface area contributed by atoms with Crippen LogP contribution in [0, 0.1) is 6.92 Å². The first-order valence-corrected chi connectivity index (χ1v) is 10.2. The van der Waals surface area contributed by atoms with Crippen LogP contribution in [0.25, 0.3) is 0 Å². The van der Waals surface area contributed by atoms with Crippen LogP contribution >= 0.6 is 11.8 Å². The minimum atomic E-state index is 0.0408. The Morgan fingerprint density at radius 3 is 2.04 bits per heavy atom. The molecule has 2 amide bonds. The van der Waals surface area contributed by atoms with Crippen molar-refractivity contribution in [3.05, 3.63) is 70.8 Å². The summed E-state index contributed by atoms with van der Waals surface area (Å²) in [6.45, 7) is 4.30. The smallest absolute Gasteiger partial charge is 0.253 e. The second-order valence-electron chi connectivity index (χ2n) is 6.58. The van der Waals surface area contributed by atoms with Gasteiger partial charge in [0.25, 0.3) is 11.8 Å². The Hall–Kier alpha value is -2.27. The zero-order valence-corrected chi connectivity index (χ0v) is 16.1. The summed E-state index contributed by atoms with van der Waals surface area (Å²) in [5.41, 5.74) is 3.74. The van der Waals surface area contributed by atoms with E-state index < -0.39 is 0 Å². The van der Waals surface area contributed by atoms with Gasteiger partial charge in [0.05, 0.1) is 0 Å². The normalized spacial score (nSPS) is 14.4. The maximum absolute atomic E-state index is 12.8. The molecule has 0 saturated carbocycles. The number of hydrogen-bond acceptors (Lipinski definition) is 3. The van der Waals surface area contributed by atoms with Gasteiger partial charge in [0, 0.05) is 43.1 Å². The third-order valence-electron chi connectivity index (χ3n) is 4.64. The van der Waals surface area contributed by atoms with Gasteiger partial charge in [0.15, 0.2) is 0 Å². The summed E-state index contributed by atoms with van der Waals surface area (Å²) in [4.78, 5) is 29.0. The van der Waals surface area contributed by atoms with E-state index in [1.54, 1.807) is 11.8 Å². The Bertz CT molecular complexity index is 781. The van der Waals surface area contributed by atoms with Crippen LogP contribution in [0.3, 0.4) is 0 Å². The fourth-order valence-corrected chi connectivity index (χ4v) is 3.65. The lowest BCUT2D eigenvalue weighted by Gasteiger charge is -2.35. The van der Waals surface area contributed by atoms with Crippen LogP contribution in [-0.2, 0) is 5.75 Å². The predicted molar refractivity (Wildman–Crippen MR) is 107 cm³/mol. The van der Waals surface area contributed by atoms with Crippen LogP contribution in [0.1, 0.15) is 31.8 Å². The minimum Gasteiger partial charge on any atom is -0.335 e. The van der Waals surface area contributed by atoms with Crippen molar-refractivity contribution in [1.29, 1.82) is 0 Å². The van der Waals surface area contributed by atoms with Gasteiger partial charge in [0.1, 0.15) is 0 Å². The van der Waals surface area contributed by atoms with Crippen molar-refractivity contribution in [3.63, 3.8) is 0 Å². The molecule has 0 N–H and O–H groups in total. The second kappa shape index (κ2) is 8.41. The molecule has 2 aromatic rings. The Kier molecular flexibility index (Phi) is 5.99. The van der Waals surface area contributed by atoms with E-state index in [1.807, 2.05) is 65.3 Å². The van der Waals surface area contributed by atoms with Crippen molar-refractivity contribution >= 4 is 23.6 Å². The molecule has 4 nitrogen and oxygen atoms in total. The summed E-state index contributed by atoms with van der Waals surface area (Å²) in [6, 6.07) is 15.5. The molecule has 5 heteroatoms. The van der Waals surface area contributed by atoms with E-state index in [0.29, 0.717) is 31.7 Å². The number of carbonyl (C=O) groups is 2. The van der Waals surface area contributed by atoms with Crippen LogP contribution in [0.5, 0.6) is 0 Å². The lowest BCUT2D eigenvalue weighted by atomic mass is 10.1. The SMILES string of the molecule is CSCc1cccc(C(=O)N2CCN(C(=O)c3ccc(C)cc3)CC2)c1. The molecule has 1 aliphatic heterocycles. The van der Waals surface area contributed by atoms with E-state index in [4.69, 9.17) is 0 Å². The van der Waals surface area contributed by atoms with E-state index >= 15 is 0 Å². The highest BCUT2D eigenvalue weighted by molar-refractivity contribution is 7.97. The summed E-state index contributed by atoms with van der Waals surface area (Å²) < 4.78 is 0. The van der Waals surface area contributed by atoms with Crippen molar-refractivity contribution in [1.82, 2.24) is 9.80 Å². The number of rotatable bonds is 4. The van der Waals surface area contributed by atoms with Gasteiger partial charge in [-0.25, -0.2) is 0 Å². The van der Waals surface area contributed by atoms with Crippen LogP contribution in [0.4, 0.5) is 0 Å². The van der Waals surface area contributed by atoms with Gasteiger partial charge < -0.3 is 9.80 Å². The molecule has 1 fully saturated rings. The van der Waals surface area contributed by atoms with Crippen LogP contribution in [0.15, 0.2) is 48.5 Å². The molecule has 1 aliphatic rings. The Balaban J connectivity index is 1.61. The summed E-state index contributed by atoms with van der Waals surface area (Å²) in [5.74, 6) is 0.995. The first kappa shape index (κ1) is 18.5. The average molecular weight is 369 g/mol. The number of nitrogens with zero attached hydrogens (tertiary/aromatic N) is 2. The highest BCUT2D eigenvalue weighted by Gasteiger charge is 2.25. The molecule has 0 bridgehead atoms. The summed E-state index contributed by atoms with van der Waals surface area (Å²) in [5, 5.41) is 0. The number of hydrogen-bond donors (Lipinski definition) is 0. The average Bonchev–Trinajstić information content (AvgIpc) is 2.68. The zero-order valence-electron chi connectivity index (χ0n) is 15.3. The molecule has 1 heterocycles. The molecular weight excluding hydrogens is 344 g/mol. The van der Waals surface area contributed by atoms with Gasteiger partial charge in [-0.2, -0.15) is 11.8 Å². The monoisotopic (exact) mass is 368 g/mol. The molecular formula is C21H24N2O2S. The van der Waals surface area contributed by atoms with Gasteiger partial charge in [-0.05, 0) is 43.0 Å². The summed E-state index contributed by atoms with van der Waals surface area (Å²) in [6.07, 6.45) is 2.05. The van der Waals surface area contributed by atoms with Gasteiger partial charge in [-0.3, -0.25) is 9.59 Å². The topological polar surface area (TPSA) is 40.6 Å². The van der Waals surface area contributed by atoms with E-state index in [0.717, 1.165) is 22.4 Å². The molecule has 1 saturated heterocycles. The Labute approximate surface area is 159 Å². The van der Waals surface area contributed by atoms with Crippen molar-refractivity contribution in [2.45, 2.75) is 12.7 Å². The molecule has 2 aromatic carbocycles. The van der Waals surface area contributed by atoms with Gasteiger partial charge in [-0.1, -0.05) is 29.8 Å². The maximum Gasteiger partial charge on any atom is 0.253 e. The fourth-order valence-electron chi connectivity index (χ4n) is 3.13. The fraction of sp³-hybridized carbons (Fsp3) is 0.333. The van der Waals surface area contributed by atoms with Gasteiger partial charge >= 0.3 is 0 Å². The molecule has 0 atom stereocenters. The lowest BCUT2D eigenvalue weighted by Crippen LogP contribution is -2.50. The third kappa shape index (κ3) is 4.28. The van der Waals surface area contributed by atoms with Crippen LogP contribution in [0.2, 0.25) is 0 Å². The predicted octanol–water partition coefficient (Wildman–Crippen LogP) is 3.46. The molecule has 0 aliphatic carbocycles. The van der Waals surface area contributed by atoms with E-state index in [2.05, 4.69) is 6.26 Å². The number of aryl methyl sites for hydroxylation is 1. The van der Waals surface area contributed by atoms with Crippen LogP contribution in [-0.4, -0.2) is 54.0 Å². The summed E-state index contributed by atoms with van der Waals surface area (Å²) >= 11 is 1.74. The van der Waals surface area contributed by atoms with Crippen molar-refractivity contribution < 1.29 is 9.59 Å². The van der Waals surface area contributed by atoms with Gasteiger partial charge in [0.2, 0.25) is 0 Å². The number of carbonyl (C=O) groups excluding carboxylic acids is 2. The number of benzene rings is 2. The first-order chi connectivity index (χ1) is 12.6. The molecule has 3 rings (SSSR count). The lowest BCUT2D eigenvalue weighted by molar-refractivity contribution is 0.0535. The van der Waals surface area contributed by atoms with E-state index in [9.17, 15) is 9.59 Å². The standard InChI is InChI=1S/C21H24N2O2S/c1-16-6-8-18(9-7-16)20(24)22-10-12-23(13-11-22)21(25)19-5-3-4-17(14-19)15-26-2/h3-9,14H,10-13,15H2,1-2H3. The molecule has 26 heavy (non-hydrogen) atoms. The highest BCUT2D eigenvalue weighted by Crippen LogP contribution is 2.15.